The Morgan fingerprint density at radius 1 is 0.588 bits per heavy atom. The summed E-state index contributed by atoms with van der Waals surface area (Å²) in [5.74, 6) is 0. The molecule has 0 aliphatic rings. The molecule has 1 atom stereocenters. The van der Waals surface area contributed by atoms with Crippen molar-refractivity contribution >= 4 is 9.24 Å². The molecule has 0 heterocycles. The first-order valence-electron chi connectivity index (χ1n) is 7.97. The topological polar surface area (TPSA) is 0 Å². The van der Waals surface area contributed by atoms with Gasteiger partial charge in [0.1, 0.15) is 0 Å². The maximum Gasteiger partial charge on any atom is -0.0150 e. The van der Waals surface area contributed by atoms with Crippen molar-refractivity contribution < 1.29 is 0 Å². The minimum Gasteiger partial charge on any atom is -0.131 e. The second kappa shape index (κ2) is 11.5. The highest BCUT2D eigenvalue weighted by atomic mass is 31.0. The summed E-state index contributed by atoms with van der Waals surface area (Å²) < 4.78 is 0. The molecule has 1 unspecified atom stereocenters. The fraction of sp³-hybridized carbons (Fsp3) is 1.00. The van der Waals surface area contributed by atoms with E-state index in [9.17, 15) is 0 Å². The van der Waals surface area contributed by atoms with Crippen LogP contribution in [0, 0.1) is 0 Å². The lowest BCUT2D eigenvalue weighted by Crippen LogP contribution is -2.20. The van der Waals surface area contributed by atoms with E-state index in [1.165, 1.54) is 77.0 Å². The van der Waals surface area contributed by atoms with Gasteiger partial charge in [0.25, 0.3) is 0 Å². The SMILES string of the molecule is CCCCCCC(P)(CCC)CCCCCC. The van der Waals surface area contributed by atoms with E-state index in [1.54, 1.807) is 0 Å². The van der Waals surface area contributed by atoms with Gasteiger partial charge in [0.05, 0.1) is 0 Å². The highest BCUT2D eigenvalue weighted by Crippen LogP contribution is 2.36. The maximum atomic E-state index is 3.21. The van der Waals surface area contributed by atoms with Crippen LogP contribution in [0.25, 0.3) is 0 Å². The van der Waals surface area contributed by atoms with Crippen molar-refractivity contribution in [1.29, 1.82) is 0 Å². The third-order valence-electron chi connectivity index (χ3n) is 3.80. The molecule has 0 saturated heterocycles. The van der Waals surface area contributed by atoms with Crippen LogP contribution in [0.5, 0.6) is 0 Å². The zero-order valence-electron chi connectivity index (χ0n) is 12.6. The Kier molecular flexibility index (Phi) is 11.8. The van der Waals surface area contributed by atoms with Gasteiger partial charge in [-0.05, 0) is 24.4 Å². The van der Waals surface area contributed by atoms with Gasteiger partial charge in [-0.15, -0.1) is 9.24 Å². The first kappa shape index (κ1) is 17.4. The number of unbranched alkanes of at least 4 members (excludes halogenated alkanes) is 6. The molecule has 0 aromatic heterocycles. The summed E-state index contributed by atoms with van der Waals surface area (Å²) in [5, 5.41) is 0.566. The molecular formula is C16H35P. The third-order valence-corrected chi connectivity index (χ3v) is 4.67. The molecule has 0 aromatic carbocycles. The molecule has 17 heavy (non-hydrogen) atoms. The quantitative estimate of drug-likeness (QED) is 0.283. The highest BCUT2D eigenvalue weighted by Gasteiger charge is 2.22. The van der Waals surface area contributed by atoms with Crippen molar-refractivity contribution in [3.8, 4) is 0 Å². The molecule has 0 aliphatic carbocycles. The van der Waals surface area contributed by atoms with Crippen LogP contribution in [0.2, 0.25) is 0 Å². The smallest absolute Gasteiger partial charge is 0.0150 e. The molecule has 0 aromatic rings. The Morgan fingerprint density at radius 3 is 1.41 bits per heavy atom. The predicted octanol–water partition coefficient (Wildman–Crippen LogP) is 6.34. The first-order valence-corrected chi connectivity index (χ1v) is 8.55. The fourth-order valence-corrected chi connectivity index (χ4v) is 3.38. The summed E-state index contributed by atoms with van der Waals surface area (Å²) >= 11 is 0. The van der Waals surface area contributed by atoms with Crippen molar-refractivity contribution in [3.05, 3.63) is 0 Å². The van der Waals surface area contributed by atoms with Crippen LogP contribution in [-0.4, -0.2) is 5.16 Å². The van der Waals surface area contributed by atoms with E-state index in [4.69, 9.17) is 0 Å². The van der Waals surface area contributed by atoms with Crippen LogP contribution in [0.15, 0.2) is 0 Å². The van der Waals surface area contributed by atoms with Gasteiger partial charge in [0.15, 0.2) is 0 Å². The van der Waals surface area contributed by atoms with Gasteiger partial charge in [-0.1, -0.05) is 78.6 Å². The van der Waals surface area contributed by atoms with Gasteiger partial charge >= 0.3 is 0 Å². The van der Waals surface area contributed by atoms with E-state index < -0.39 is 0 Å². The summed E-state index contributed by atoms with van der Waals surface area (Å²) in [6, 6.07) is 0. The van der Waals surface area contributed by atoms with Crippen LogP contribution >= 0.6 is 9.24 Å². The molecule has 0 bridgehead atoms. The second-order valence-corrected chi connectivity index (χ2v) is 6.96. The second-order valence-electron chi connectivity index (χ2n) is 5.73. The molecule has 0 fully saturated rings. The Hall–Kier alpha value is 0.430. The third kappa shape index (κ3) is 10.1. The normalized spacial score (nSPS) is 12.0. The van der Waals surface area contributed by atoms with Crippen molar-refractivity contribution in [1.82, 2.24) is 0 Å². The number of rotatable bonds is 12. The lowest BCUT2D eigenvalue weighted by molar-refractivity contribution is 0.419. The average molecular weight is 258 g/mol. The van der Waals surface area contributed by atoms with Crippen LogP contribution in [0.3, 0.4) is 0 Å². The fourth-order valence-electron chi connectivity index (χ4n) is 2.68. The molecule has 0 N–H and O–H groups in total. The van der Waals surface area contributed by atoms with Crippen LogP contribution in [-0.2, 0) is 0 Å². The largest absolute Gasteiger partial charge is 0.131 e. The van der Waals surface area contributed by atoms with Crippen LogP contribution in [0.1, 0.15) is 97.8 Å². The van der Waals surface area contributed by atoms with E-state index in [0.717, 1.165) is 0 Å². The number of hydrogen-bond donors (Lipinski definition) is 0. The van der Waals surface area contributed by atoms with Crippen molar-refractivity contribution in [2.24, 2.45) is 0 Å². The Morgan fingerprint density at radius 2 is 1.06 bits per heavy atom. The zero-order valence-corrected chi connectivity index (χ0v) is 13.7. The highest BCUT2D eigenvalue weighted by molar-refractivity contribution is 7.19. The molecule has 0 nitrogen and oxygen atoms in total. The van der Waals surface area contributed by atoms with E-state index in [-0.39, 0.29) is 0 Å². The summed E-state index contributed by atoms with van der Waals surface area (Å²) in [7, 11) is 3.21. The molecule has 0 amide bonds. The van der Waals surface area contributed by atoms with E-state index >= 15 is 0 Å². The molecule has 104 valence electrons. The van der Waals surface area contributed by atoms with E-state index in [2.05, 4.69) is 30.0 Å². The summed E-state index contributed by atoms with van der Waals surface area (Å²) in [4.78, 5) is 0. The predicted molar refractivity (Wildman–Crippen MR) is 84.9 cm³/mol. The van der Waals surface area contributed by atoms with Crippen molar-refractivity contribution in [2.45, 2.75) is 103 Å². The maximum absolute atomic E-state index is 3.21. The summed E-state index contributed by atoms with van der Waals surface area (Å²) in [6.45, 7) is 6.92. The Balaban J connectivity index is 3.80. The molecule has 0 aliphatic heterocycles. The molecule has 0 rings (SSSR count). The zero-order chi connectivity index (χ0) is 13.0. The first-order chi connectivity index (χ1) is 8.18. The van der Waals surface area contributed by atoms with Gasteiger partial charge in [0.2, 0.25) is 0 Å². The van der Waals surface area contributed by atoms with E-state index in [1.807, 2.05) is 0 Å². The van der Waals surface area contributed by atoms with Gasteiger partial charge < -0.3 is 0 Å². The monoisotopic (exact) mass is 258 g/mol. The van der Waals surface area contributed by atoms with Gasteiger partial charge in [-0.3, -0.25) is 0 Å². The van der Waals surface area contributed by atoms with Crippen molar-refractivity contribution in [2.75, 3.05) is 0 Å². The summed E-state index contributed by atoms with van der Waals surface area (Å²) in [5.41, 5.74) is 0. The van der Waals surface area contributed by atoms with Crippen LogP contribution < -0.4 is 0 Å². The lowest BCUT2D eigenvalue weighted by atomic mass is 9.89. The van der Waals surface area contributed by atoms with Gasteiger partial charge in [-0.2, -0.15) is 0 Å². The molecule has 0 saturated carbocycles. The summed E-state index contributed by atoms with van der Waals surface area (Å²) in [6.07, 6.45) is 16.9. The minimum absolute atomic E-state index is 0.566. The molecule has 1 heteroatoms. The van der Waals surface area contributed by atoms with Gasteiger partial charge in [-0.25, -0.2) is 0 Å². The van der Waals surface area contributed by atoms with Crippen LogP contribution in [0.4, 0.5) is 0 Å². The Labute approximate surface area is 113 Å². The average Bonchev–Trinajstić information content (AvgIpc) is 2.31. The molecule has 0 spiro atoms. The van der Waals surface area contributed by atoms with Crippen molar-refractivity contribution in [3.63, 3.8) is 0 Å². The molecular weight excluding hydrogens is 223 g/mol. The molecule has 0 radical (unpaired) electrons. The minimum atomic E-state index is 0.566. The van der Waals surface area contributed by atoms with Gasteiger partial charge in [0, 0.05) is 0 Å². The Bertz CT molecular complexity index is 142. The number of hydrogen-bond acceptors (Lipinski definition) is 0. The standard InChI is InChI=1S/C16H35P/c1-4-7-9-11-14-16(17,13-6-3)15-12-10-8-5-2/h4-15,17H2,1-3H3. The lowest BCUT2D eigenvalue weighted by Gasteiger charge is -2.29. The van der Waals surface area contributed by atoms with E-state index in [0.29, 0.717) is 5.16 Å².